The van der Waals surface area contributed by atoms with E-state index in [9.17, 15) is 14.7 Å². The molecule has 0 aromatic heterocycles. The third-order valence-electron chi connectivity index (χ3n) is 3.24. The van der Waals surface area contributed by atoms with Crippen molar-refractivity contribution in [3.8, 4) is 11.8 Å². The van der Waals surface area contributed by atoms with Gasteiger partial charge in [-0.3, -0.25) is 15.0 Å². The fourth-order valence-corrected chi connectivity index (χ4v) is 2.23. The van der Waals surface area contributed by atoms with Crippen LogP contribution in [0.15, 0.2) is 0 Å². The van der Waals surface area contributed by atoms with E-state index in [0.717, 1.165) is 0 Å². The van der Waals surface area contributed by atoms with Crippen LogP contribution in [-0.2, 0) is 9.53 Å². The topological polar surface area (TPSA) is 99.1 Å². The second-order valence-corrected chi connectivity index (χ2v) is 4.51. The molecular weight excluding hydrogens is 252 g/mol. The fourth-order valence-electron chi connectivity index (χ4n) is 2.23. The van der Waals surface area contributed by atoms with Crippen LogP contribution in [-0.4, -0.2) is 58.6 Å². The SMILES string of the molecule is CC#CC1CN([C@H]2C[C@H](O)[C@@H](CO)O2)C(=O)NC1=O. The number of carbonyl (C=O) groups excluding carboxylic acids is 2. The van der Waals surface area contributed by atoms with Gasteiger partial charge in [0.15, 0.2) is 0 Å². The zero-order valence-corrected chi connectivity index (χ0v) is 10.5. The van der Waals surface area contributed by atoms with Crippen molar-refractivity contribution in [1.29, 1.82) is 0 Å². The van der Waals surface area contributed by atoms with Crippen LogP contribution in [0.25, 0.3) is 0 Å². The number of imide groups is 1. The Kier molecular flexibility index (Phi) is 4.04. The highest BCUT2D eigenvalue weighted by atomic mass is 16.5. The molecule has 0 saturated carbocycles. The lowest BCUT2D eigenvalue weighted by atomic mass is 10.1. The van der Waals surface area contributed by atoms with Crippen molar-refractivity contribution in [1.82, 2.24) is 10.2 Å². The van der Waals surface area contributed by atoms with E-state index in [-0.39, 0.29) is 19.6 Å². The maximum atomic E-state index is 11.8. The molecule has 0 bridgehead atoms. The minimum atomic E-state index is -0.823. The molecule has 19 heavy (non-hydrogen) atoms. The molecule has 2 rings (SSSR count). The summed E-state index contributed by atoms with van der Waals surface area (Å²) in [6.45, 7) is 1.43. The number of rotatable bonds is 2. The van der Waals surface area contributed by atoms with Gasteiger partial charge in [0.25, 0.3) is 0 Å². The summed E-state index contributed by atoms with van der Waals surface area (Å²) in [6, 6.07) is -0.560. The van der Waals surface area contributed by atoms with Gasteiger partial charge in [0.05, 0.1) is 12.7 Å². The van der Waals surface area contributed by atoms with Gasteiger partial charge in [-0.2, -0.15) is 0 Å². The summed E-state index contributed by atoms with van der Waals surface area (Å²) in [7, 11) is 0. The predicted molar refractivity (Wildman–Crippen MR) is 63.6 cm³/mol. The molecule has 0 spiro atoms. The summed E-state index contributed by atoms with van der Waals surface area (Å²) >= 11 is 0. The smallest absolute Gasteiger partial charge is 0.326 e. The first-order valence-electron chi connectivity index (χ1n) is 6.05. The van der Waals surface area contributed by atoms with Gasteiger partial charge in [0.2, 0.25) is 5.91 Å². The number of nitrogens with zero attached hydrogens (tertiary/aromatic N) is 1. The van der Waals surface area contributed by atoms with Gasteiger partial charge in [-0.15, -0.1) is 5.92 Å². The van der Waals surface area contributed by atoms with Gasteiger partial charge in [-0.05, 0) is 6.92 Å². The second-order valence-electron chi connectivity index (χ2n) is 4.51. The molecule has 0 radical (unpaired) electrons. The van der Waals surface area contributed by atoms with E-state index in [1.165, 1.54) is 4.90 Å². The third kappa shape index (κ3) is 2.71. The molecule has 2 aliphatic rings. The molecule has 2 aliphatic heterocycles. The monoisotopic (exact) mass is 268 g/mol. The lowest BCUT2D eigenvalue weighted by Crippen LogP contribution is -2.57. The number of urea groups is 1. The van der Waals surface area contributed by atoms with Gasteiger partial charge in [0, 0.05) is 13.0 Å². The number of aliphatic hydroxyl groups excluding tert-OH is 2. The molecule has 2 fully saturated rings. The lowest BCUT2D eigenvalue weighted by molar-refractivity contribution is -0.127. The summed E-state index contributed by atoms with van der Waals surface area (Å²) in [5.41, 5.74) is 0. The highest BCUT2D eigenvalue weighted by molar-refractivity contribution is 5.99. The highest BCUT2D eigenvalue weighted by Crippen LogP contribution is 2.25. The van der Waals surface area contributed by atoms with Gasteiger partial charge < -0.3 is 14.9 Å². The minimum absolute atomic E-state index is 0.126. The maximum Gasteiger partial charge on any atom is 0.326 e. The average molecular weight is 268 g/mol. The molecule has 3 amide bonds. The zero-order chi connectivity index (χ0) is 14.0. The molecule has 2 heterocycles. The minimum Gasteiger partial charge on any atom is -0.394 e. The van der Waals surface area contributed by atoms with Crippen LogP contribution in [0.2, 0.25) is 0 Å². The van der Waals surface area contributed by atoms with Crippen molar-refractivity contribution in [2.75, 3.05) is 13.2 Å². The summed E-state index contributed by atoms with van der Waals surface area (Å²) in [4.78, 5) is 24.6. The number of hydrogen-bond donors (Lipinski definition) is 3. The maximum absolute atomic E-state index is 11.8. The number of amides is 3. The summed E-state index contributed by atoms with van der Waals surface area (Å²) < 4.78 is 5.40. The van der Waals surface area contributed by atoms with E-state index in [2.05, 4.69) is 17.2 Å². The van der Waals surface area contributed by atoms with Crippen molar-refractivity contribution in [3.05, 3.63) is 0 Å². The van der Waals surface area contributed by atoms with Crippen molar-refractivity contribution >= 4 is 11.9 Å². The van der Waals surface area contributed by atoms with Crippen molar-refractivity contribution in [2.24, 2.45) is 5.92 Å². The Labute approximate surface area is 110 Å². The van der Waals surface area contributed by atoms with E-state index in [0.29, 0.717) is 0 Å². The molecule has 2 saturated heterocycles. The van der Waals surface area contributed by atoms with Gasteiger partial charge in [0.1, 0.15) is 18.2 Å². The number of nitrogens with one attached hydrogen (secondary N) is 1. The summed E-state index contributed by atoms with van der Waals surface area (Å²) in [6.07, 6.45) is -1.97. The first-order chi connectivity index (χ1) is 9.06. The van der Waals surface area contributed by atoms with Crippen molar-refractivity contribution < 1.29 is 24.5 Å². The van der Waals surface area contributed by atoms with Crippen molar-refractivity contribution in [2.45, 2.75) is 31.8 Å². The zero-order valence-electron chi connectivity index (χ0n) is 10.5. The van der Waals surface area contributed by atoms with E-state index in [1.54, 1.807) is 6.92 Å². The van der Waals surface area contributed by atoms with Gasteiger partial charge in [-0.1, -0.05) is 5.92 Å². The number of carbonyl (C=O) groups is 2. The molecular formula is C12H16N2O5. The van der Waals surface area contributed by atoms with Crippen LogP contribution in [0.5, 0.6) is 0 Å². The largest absolute Gasteiger partial charge is 0.394 e. The Morgan fingerprint density at radius 3 is 2.84 bits per heavy atom. The standard InChI is InChI=1S/C12H16N2O5/c1-2-3-7-5-14(12(18)13-11(7)17)10-4-8(16)9(6-15)19-10/h7-10,15-16H,4-6H2,1H3,(H,13,17,18)/t7?,8-,9+,10+/m0/s1. The lowest BCUT2D eigenvalue weighted by Gasteiger charge is -2.33. The molecule has 104 valence electrons. The van der Waals surface area contributed by atoms with Crippen LogP contribution in [0, 0.1) is 17.8 Å². The predicted octanol–water partition coefficient (Wildman–Crippen LogP) is -1.35. The van der Waals surface area contributed by atoms with Gasteiger partial charge in [-0.25, -0.2) is 4.79 Å². The first kappa shape index (κ1) is 13.8. The Morgan fingerprint density at radius 1 is 1.53 bits per heavy atom. The van der Waals surface area contributed by atoms with E-state index in [4.69, 9.17) is 9.84 Å². The van der Waals surface area contributed by atoms with Crippen LogP contribution >= 0.6 is 0 Å². The average Bonchev–Trinajstić information content (AvgIpc) is 2.74. The number of hydrogen-bond acceptors (Lipinski definition) is 5. The highest BCUT2D eigenvalue weighted by Gasteiger charge is 2.42. The molecule has 4 atom stereocenters. The van der Waals surface area contributed by atoms with Crippen LogP contribution in [0.4, 0.5) is 4.79 Å². The fraction of sp³-hybridized carbons (Fsp3) is 0.667. The number of ether oxygens (including phenoxy) is 1. The molecule has 3 N–H and O–H groups in total. The summed E-state index contributed by atoms with van der Waals surface area (Å²) in [5.74, 6) is 4.34. The first-order valence-corrected chi connectivity index (χ1v) is 6.05. The Morgan fingerprint density at radius 2 is 2.26 bits per heavy atom. The third-order valence-corrected chi connectivity index (χ3v) is 3.24. The number of aliphatic hydroxyl groups is 2. The molecule has 0 aliphatic carbocycles. The molecule has 7 heteroatoms. The Bertz CT molecular complexity index is 441. The molecule has 0 aromatic rings. The Balaban J connectivity index is 2.08. The summed E-state index contributed by atoms with van der Waals surface area (Å²) in [5, 5.41) is 20.9. The quantitative estimate of drug-likeness (QED) is 0.538. The van der Waals surface area contributed by atoms with E-state index >= 15 is 0 Å². The molecule has 0 aromatic carbocycles. The van der Waals surface area contributed by atoms with Crippen molar-refractivity contribution in [3.63, 3.8) is 0 Å². The van der Waals surface area contributed by atoms with E-state index < -0.39 is 36.3 Å². The van der Waals surface area contributed by atoms with Gasteiger partial charge >= 0.3 is 6.03 Å². The normalized spacial score (nSPS) is 34.8. The Hall–Kier alpha value is -1.62. The van der Waals surface area contributed by atoms with Crippen LogP contribution in [0.1, 0.15) is 13.3 Å². The second kappa shape index (κ2) is 5.57. The van der Waals surface area contributed by atoms with Crippen LogP contribution < -0.4 is 5.32 Å². The van der Waals surface area contributed by atoms with E-state index in [1.807, 2.05) is 0 Å². The molecule has 1 unspecified atom stereocenters. The van der Waals surface area contributed by atoms with Crippen LogP contribution in [0.3, 0.4) is 0 Å². The molecule has 7 nitrogen and oxygen atoms in total.